The van der Waals surface area contributed by atoms with Gasteiger partial charge in [-0.05, 0) is 45.3 Å². The van der Waals surface area contributed by atoms with Crippen LogP contribution >= 0.6 is 0 Å². The average molecular weight is 493 g/mol. The first-order chi connectivity index (χ1) is 17.5. The minimum absolute atomic E-state index is 0.295. The van der Waals surface area contributed by atoms with Crippen LogP contribution in [0.2, 0.25) is 0 Å². The second kappa shape index (κ2) is 12.1. The van der Waals surface area contributed by atoms with Crippen molar-refractivity contribution in [3.63, 3.8) is 0 Å². The number of carbonyl (C=O) groups is 1. The topological polar surface area (TPSA) is 110 Å². The Morgan fingerprint density at radius 3 is 2.86 bits per heavy atom. The van der Waals surface area contributed by atoms with Crippen molar-refractivity contribution in [2.45, 2.75) is 13.0 Å². The van der Waals surface area contributed by atoms with E-state index in [4.69, 9.17) is 9.47 Å². The highest BCUT2D eigenvalue weighted by molar-refractivity contribution is 5.98. The smallest absolute Gasteiger partial charge is 0.248 e. The zero-order valence-electron chi connectivity index (χ0n) is 20.7. The number of rotatable bonds is 11. The van der Waals surface area contributed by atoms with E-state index in [2.05, 4.69) is 56.2 Å². The number of anilines is 4. The molecule has 1 saturated heterocycles. The lowest BCUT2D eigenvalue weighted by Crippen LogP contribution is -2.36. The van der Waals surface area contributed by atoms with E-state index >= 15 is 0 Å². The van der Waals surface area contributed by atoms with Gasteiger partial charge >= 0.3 is 0 Å². The Labute approximate surface area is 210 Å². The van der Waals surface area contributed by atoms with Gasteiger partial charge in [0.15, 0.2) is 0 Å². The lowest BCUT2D eigenvalue weighted by molar-refractivity contribution is -0.111. The Balaban J connectivity index is 1.53. The minimum atomic E-state index is -0.295. The molecule has 0 saturated carbocycles. The zero-order chi connectivity index (χ0) is 25.3. The summed E-state index contributed by atoms with van der Waals surface area (Å²) in [6.07, 6.45) is 7.66. The summed E-state index contributed by atoms with van der Waals surface area (Å²) in [5.74, 6) is 1.03. The maximum atomic E-state index is 11.7. The molecule has 36 heavy (non-hydrogen) atoms. The predicted molar refractivity (Wildman–Crippen MR) is 139 cm³/mol. The van der Waals surface area contributed by atoms with Gasteiger partial charge in [0.25, 0.3) is 0 Å². The fraction of sp³-hybridized carbons (Fsp3) is 0.360. The van der Waals surface area contributed by atoms with E-state index in [0.29, 0.717) is 49.6 Å². The molecule has 0 atom stereocenters. The number of nitrogens with zero attached hydrogens (tertiary/aromatic N) is 6. The third-order valence-electron chi connectivity index (χ3n) is 5.47. The van der Waals surface area contributed by atoms with Gasteiger partial charge in [-0.25, -0.2) is 4.98 Å². The summed E-state index contributed by atoms with van der Waals surface area (Å²) in [7, 11) is 4.11. The second-order valence-electron chi connectivity index (χ2n) is 8.58. The molecule has 1 aliphatic rings. The molecule has 11 heteroatoms. The second-order valence-corrected chi connectivity index (χ2v) is 8.58. The first kappa shape index (κ1) is 25.1. The molecule has 2 aromatic heterocycles. The van der Waals surface area contributed by atoms with Crippen molar-refractivity contribution < 1.29 is 14.3 Å². The number of benzene rings is 1. The van der Waals surface area contributed by atoms with Gasteiger partial charge in [-0.3, -0.25) is 9.48 Å². The van der Waals surface area contributed by atoms with E-state index in [1.165, 1.54) is 6.08 Å². The van der Waals surface area contributed by atoms with E-state index in [-0.39, 0.29) is 5.91 Å². The molecule has 4 rings (SSSR count). The summed E-state index contributed by atoms with van der Waals surface area (Å²) in [6.45, 7) is 7.96. The van der Waals surface area contributed by atoms with E-state index in [1.807, 2.05) is 10.9 Å². The number of aromatic nitrogens is 4. The SMILES string of the molecule is C=CC(=O)Nc1cccc(Oc2nc(Nc3cnn(CCCN(C)C)c3)ncc2N2CCOCC2)c1. The van der Waals surface area contributed by atoms with Crippen molar-refractivity contribution in [2.24, 2.45) is 0 Å². The summed E-state index contributed by atoms with van der Waals surface area (Å²) >= 11 is 0. The molecule has 0 bridgehead atoms. The highest BCUT2D eigenvalue weighted by Gasteiger charge is 2.19. The number of amides is 1. The Kier molecular flexibility index (Phi) is 8.48. The Bertz CT molecular complexity index is 1170. The average Bonchev–Trinajstić information content (AvgIpc) is 3.31. The summed E-state index contributed by atoms with van der Waals surface area (Å²) < 4.78 is 13.6. The van der Waals surface area contributed by atoms with Crippen LogP contribution in [0, 0.1) is 0 Å². The summed E-state index contributed by atoms with van der Waals surface area (Å²) in [5, 5.41) is 10.4. The molecule has 11 nitrogen and oxygen atoms in total. The number of nitrogens with one attached hydrogen (secondary N) is 2. The number of morpholine rings is 1. The lowest BCUT2D eigenvalue weighted by atomic mass is 10.3. The van der Waals surface area contributed by atoms with Crippen LogP contribution in [0.3, 0.4) is 0 Å². The zero-order valence-corrected chi connectivity index (χ0v) is 20.7. The molecule has 190 valence electrons. The van der Waals surface area contributed by atoms with Crippen LogP contribution in [0.4, 0.5) is 23.0 Å². The van der Waals surface area contributed by atoms with Crippen molar-refractivity contribution in [3.8, 4) is 11.6 Å². The maximum absolute atomic E-state index is 11.7. The summed E-state index contributed by atoms with van der Waals surface area (Å²) in [5.41, 5.74) is 2.15. The fourth-order valence-electron chi connectivity index (χ4n) is 3.69. The highest BCUT2D eigenvalue weighted by Crippen LogP contribution is 2.33. The summed E-state index contributed by atoms with van der Waals surface area (Å²) in [6, 6.07) is 7.12. The largest absolute Gasteiger partial charge is 0.437 e. The van der Waals surface area contributed by atoms with Crippen LogP contribution in [-0.2, 0) is 16.1 Å². The van der Waals surface area contributed by atoms with Crippen molar-refractivity contribution >= 4 is 28.9 Å². The van der Waals surface area contributed by atoms with Gasteiger partial charge in [0, 0.05) is 37.6 Å². The Morgan fingerprint density at radius 1 is 1.25 bits per heavy atom. The third-order valence-corrected chi connectivity index (χ3v) is 5.47. The molecule has 0 radical (unpaired) electrons. The molecular weight excluding hydrogens is 460 g/mol. The Morgan fingerprint density at radius 2 is 2.08 bits per heavy atom. The quantitative estimate of drug-likeness (QED) is 0.390. The normalized spacial score (nSPS) is 13.5. The molecule has 0 spiro atoms. The number of hydrogen-bond acceptors (Lipinski definition) is 9. The molecule has 3 aromatic rings. The molecule has 1 aliphatic heterocycles. The highest BCUT2D eigenvalue weighted by atomic mass is 16.5. The maximum Gasteiger partial charge on any atom is 0.248 e. The molecule has 2 N–H and O–H groups in total. The van der Waals surface area contributed by atoms with Crippen molar-refractivity contribution in [1.29, 1.82) is 0 Å². The van der Waals surface area contributed by atoms with Gasteiger partial charge < -0.3 is 29.9 Å². The van der Waals surface area contributed by atoms with Gasteiger partial charge in [-0.2, -0.15) is 10.1 Å². The monoisotopic (exact) mass is 492 g/mol. The fourth-order valence-corrected chi connectivity index (χ4v) is 3.69. The van der Waals surface area contributed by atoms with Crippen LogP contribution in [0.5, 0.6) is 11.6 Å². The standard InChI is InChI=1S/C25H32N8O3/c1-4-23(34)28-19-7-5-8-21(15-19)36-24-22(32-11-13-35-14-12-32)17-26-25(30-24)29-20-16-27-33(18-20)10-6-9-31(2)3/h4-5,7-8,15-18H,1,6,9-14H2,2-3H3,(H,28,34)(H,26,29,30). The predicted octanol–water partition coefficient (Wildman–Crippen LogP) is 3.12. The molecule has 1 amide bonds. The minimum Gasteiger partial charge on any atom is -0.437 e. The Hall–Kier alpha value is -3.96. The lowest BCUT2D eigenvalue weighted by Gasteiger charge is -2.29. The van der Waals surface area contributed by atoms with E-state index < -0.39 is 0 Å². The van der Waals surface area contributed by atoms with Gasteiger partial charge in [0.2, 0.25) is 17.7 Å². The van der Waals surface area contributed by atoms with Gasteiger partial charge in [0.1, 0.15) is 11.4 Å². The van der Waals surface area contributed by atoms with Crippen LogP contribution < -0.4 is 20.3 Å². The van der Waals surface area contributed by atoms with Crippen LogP contribution in [0.25, 0.3) is 0 Å². The van der Waals surface area contributed by atoms with E-state index in [0.717, 1.165) is 30.9 Å². The number of hydrogen-bond donors (Lipinski definition) is 2. The van der Waals surface area contributed by atoms with Crippen molar-refractivity contribution in [3.05, 3.63) is 55.5 Å². The molecule has 1 fully saturated rings. The van der Waals surface area contributed by atoms with Crippen LogP contribution in [0.1, 0.15) is 6.42 Å². The van der Waals surface area contributed by atoms with Gasteiger partial charge in [0.05, 0.1) is 31.3 Å². The molecule has 0 unspecified atom stereocenters. The van der Waals surface area contributed by atoms with Crippen LogP contribution in [-0.4, -0.2) is 77.5 Å². The van der Waals surface area contributed by atoms with Crippen molar-refractivity contribution in [1.82, 2.24) is 24.6 Å². The van der Waals surface area contributed by atoms with Gasteiger partial charge in [-0.1, -0.05) is 12.6 Å². The molecule has 1 aromatic carbocycles. The van der Waals surface area contributed by atoms with Gasteiger partial charge in [-0.15, -0.1) is 0 Å². The molecule has 3 heterocycles. The van der Waals surface area contributed by atoms with Crippen LogP contribution in [0.15, 0.2) is 55.5 Å². The first-order valence-electron chi connectivity index (χ1n) is 11.9. The number of ether oxygens (including phenoxy) is 2. The first-order valence-corrected chi connectivity index (χ1v) is 11.9. The van der Waals surface area contributed by atoms with E-state index in [9.17, 15) is 4.79 Å². The summed E-state index contributed by atoms with van der Waals surface area (Å²) in [4.78, 5) is 25.2. The van der Waals surface area contributed by atoms with E-state index in [1.54, 1.807) is 36.7 Å². The molecule has 0 aliphatic carbocycles. The van der Waals surface area contributed by atoms with Crippen molar-refractivity contribution in [2.75, 3.05) is 62.5 Å². The number of carbonyl (C=O) groups excluding carboxylic acids is 1. The molecular formula is C25H32N8O3. The third kappa shape index (κ3) is 7.03. The number of aryl methyl sites for hydroxylation is 1.